The van der Waals surface area contributed by atoms with Gasteiger partial charge in [-0.3, -0.25) is 14.4 Å². The molecule has 54 heavy (non-hydrogen) atoms. The molecular weight excluding hydrogens is 690 g/mol. The molecule has 10 unspecified atom stereocenters. The lowest BCUT2D eigenvalue weighted by molar-refractivity contribution is -0.265. The van der Waals surface area contributed by atoms with Gasteiger partial charge in [0.2, 0.25) is 5.79 Å². The highest BCUT2D eigenvalue weighted by Gasteiger charge is 2.53. The molecule has 0 aromatic rings. The van der Waals surface area contributed by atoms with E-state index in [-0.39, 0.29) is 61.6 Å². The summed E-state index contributed by atoms with van der Waals surface area (Å²) < 4.78 is 18.1. The number of allylic oxidation sites excluding steroid dienone is 5. The first kappa shape index (κ1) is 44.0. The van der Waals surface area contributed by atoms with Gasteiger partial charge in [0.25, 0.3) is 11.7 Å². The van der Waals surface area contributed by atoms with Crippen molar-refractivity contribution in [3.8, 4) is 0 Å². The number of carbonyl (C=O) groups excluding carboxylic acids is 4. The van der Waals surface area contributed by atoms with Crippen LogP contribution < -0.4 is 0 Å². The molecular formula is C43H67NO10. The number of amides is 1. The second-order valence-electron chi connectivity index (χ2n) is 16.9. The molecule has 0 aromatic carbocycles. The molecule has 4 aliphatic rings. The maximum atomic E-state index is 14.1. The summed E-state index contributed by atoms with van der Waals surface area (Å²) in [6.45, 7) is 9.68. The van der Waals surface area contributed by atoms with Crippen LogP contribution in [0, 0.1) is 29.6 Å². The zero-order valence-electron chi connectivity index (χ0n) is 33.5. The SMILES string of the molecule is COC1CC2CCC(C)C(O)(O2)C(=O)C(=O)N2CCCCC2C(=O)OC(C(C)CC2CCC(O)CC2)CC(O)CC(=O)C(C)CC(C)C=CC=CC=C1C. The third kappa shape index (κ3) is 11.9. The van der Waals surface area contributed by atoms with Crippen LogP contribution in [-0.4, -0.2) is 99.7 Å². The molecule has 2 saturated heterocycles. The maximum Gasteiger partial charge on any atom is 0.329 e. The van der Waals surface area contributed by atoms with Gasteiger partial charge >= 0.3 is 5.97 Å². The largest absolute Gasteiger partial charge is 0.460 e. The molecule has 1 amide bonds. The minimum absolute atomic E-state index is 0.0580. The van der Waals surface area contributed by atoms with E-state index in [1.54, 1.807) is 14.0 Å². The van der Waals surface area contributed by atoms with Crippen LogP contribution in [0.4, 0.5) is 0 Å². The lowest BCUT2D eigenvalue weighted by Crippen LogP contribution is -2.61. The van der Waals surface area contributed by atoms with Crippen molar-refractivity contribution in [2.24, 2.45) is 29.6 Å². The molecule has 11 heteroatoms. The molecule has 3 aliphatic heterocycles. The number of ether oxygens (including phenoxy) is 3. The van der Waals surface area contributed by atoms with Crippen LogP contribution in [0.25, 0.3) is 0 Å². The Kier molecular flexibility index (Phi) is 16.7. The quantitative estimate of drug-likeness (QED) is 0.237. The predicted molar refractivity (Wildman–Crippen MR) is 205 cm³/mol. The number of methoxy groups -OCH3 is 1. The fourth-order valence-corrected chi connectivity index (χ4v) is 8.78. The predicted octanol–water partition coefficient (Wildman–Crippen LogP) is 5.78. The Labute approximate surface area is 322 Å². The highest BCUT2D eigenvalue weighted by molar-refractivity contribution is 6.39. The number of aliphatic hydroxyl groups is 3. The molecule has 3 N–H and O–H groups in total. The van der Waals surface area contributed by atoms with Crippen LogP contribution in [-0.2, 0) is 33.4 Å². The van der Waals surface area contributed by atoms with Crippen LogP contribution in [0.5, 0.6) is 0 Å². The van der Waals surface area contributed by atoms with Gasteiger partial charge in [-0.15, -0.1) is 0 Å². The van der Waals surface area contributed by atoms with E-state index in [4.69, 9.17) is 14.2 Å². The van der Waals surface area contributed by atoms with Crippen molar-refractivity contribution in [3.63, 3.8) is 0 Å². The number of Topliss-reactive ketones (excluding diaryl/α,β-unsaturated/α-hetero) is 2. The van der Waals surface area contributed by atoms with E-state index in [1.807, 2.05) is 51.2 Å². The lowest BCUT2D eigenvalue weighted by atomic mass is 9.79. The number of esters is 1. The number of nitrogens with zero attached hydrogens (tertiary/aromatic N) is 1. The van der Waals surface area contributed by atoms with Crippen molar-refractivity contribution in [3.05, 3.63) is 36.0 Å². The normalized spacial score (nSPS) is 38.1. The number of hydrogen-bond acceptors (Lipinski definition) is 10. The van der Waals surface area contributed by atoms with E-state index in [0.29, 0.717) is 63.7 Å². The van der Waals surface area contributed by atoms with Crippen molar-refractivity contribution in [2.45, 2.75) is 167 Å². The summed E-state index contributed by atoms with van der Waals surface area (Å²) >= 11 is 0. The molecule has 1 saturated carbocycles. The molecule has 3 fully saturated rings. The van der Waals surface area contributed by atoms with Crippen molar-refractivity contribution < 1.29 is 48.7 Å². The molecule has 0 spiro atoms. The second kappa shape index (κ2) is 20.5. The summed E-state index contributed by atoms with van der Waals surface area (Å²) in [5, 5.41) is 33.1. The summed E-state index contributed by atoms with van der Waals surface area (Å²) in [5.41, 5.74) is 0.923. The van der Waals surface area contributed by atoms with Crippen LogP contribution >= 0.6 is 0 Å². The molecule has 1 aliphatic carbocycles. The highest BCUT2D eigenvalue weighted by Crippen LogP contribution is 2.37. The van der Waals surface area contributed by atoms with Gasteiger partial charge < -0.3 is 34.4 Å². The Hall–Kier alpha value is -2.70. The number of fused-ring (bicyclic) bond motifs is 3. The van der Waals surface area contributed by atoms with Crippen LogP contribution in [0.15, 0.2) is 36.0 Å². The Morgan fingerprint density at radius 3 is 2.33 bits per heavy atom. The Balaban J connectivity index is 1.63. The smallest absolute Gasteiger partial charge is 0.329 e. The van der Waals surface area contributed by atoms with Crippen molar-refractivity contribution >= 4 is 23.4 Å². The summed E-state index contributed by atoms with van der Waals surface area (Å²) in [6.07, 6.45) is 14.1. The first-order valence-electron chi connectivity index (χ1n) is 20.5. The van der Waals surface area contributed by atoms with Crippen molar-refractivity contribution in [2.75, 3.05) is 13.7 Å². The molecule has 0 radical (unpaired) electrons. The third-order valence-corrected chi connectivity index (χ3v) is 12.4. The molecule has 2 bridgehead atoms. The van der Waals surface area contributed by atoms with E-state index >= 15 is 0 Å². The van der Waals surface area contributed by atoms with Crippen molar-refractivity contribution in [1.29, 1.82) is 0 Å². The number of carbonyl (C=O) groups is 4. The summed E-state index contributed by atoms with van der Waals surface area (Å²) in [7, 11) is 1.60. The lowest BCUT2D eigenvalue weighted by Gasteiger charge is -2.42. The number of piperidine rings is 1. The topological polar surface area (TPSA) is 160 Å². The summed E-state index contributed by atoms with van der Waals surface area (Å²) in [5.74, 6) is -5.83. The van der Waals surface area contributed by atoms with Gasteiger partial charge in [0.1, 0.15) is 17.9 Å². The van der Waals surface area contributed by atoms with Gasteiger partial charge in [-0.25, -0.2) is 4.79 Å². The fraction of sp³-hybridized carbons (Fsp3) is 0.767. The van der Waals surface area contributed by atoms with Gasteiger partial charge in [0.05, 0.1) is 24.4 Å². The van der Waals surface area contributed by atoms with Gasteiger partial charge in [0, 0.05) is 44.8 Å². The van der Waals surface area contributed by atoms with E-state index in [0.717, 1.165) is 18.4 Å². The first-order valence-corrected chi connectivity index (χ1v) is 20.5. The molecule has 11 nitrogen and oxygen atoms in total. The summed E-state index contributed by atoms with van der Waals surface area (Å²) in [4.78, 5) is 56.6. The van der Waals surface area contributed by atoms with Crippen LogP contribution in [0.1, 0.15) is 125 Å². The van der Waals surface area contributed by atoms with E-state index in [9.17, 15) is 34.5 Å². The molecule has 3 heterocycles. The molecule has 10 atom stereocenters. The Morgan fingerprint density at radius 2 is 1.63 bits per heavy atom. The summed E-state index contributed by atoms with van der Waals surface area (Å²) in [6, 6.07) is -1.05. The van der Waals surface area contributed by atoms with E-state index < -0.39 is 53.7 Å². The molecule has 0 aromatic heterocycles. The number of hydrogen-bond donors (Lipinski definition) is 3. The molecule has 304 valence electrons. The van der Waals surface area contributed by atoms with Gasteiger partial charge in [0.15, 0.2) is 0 Å². The fourth-order valence-electron chi connectivity index (χ4n) is 8.78. The zero-order valence-corrected chi connectivity index (χ0v) is 33.5. The van der Waals surface area contributed by atoms with Gasteiger partial charge in [-0.05, 0) is 101 Å². The van der Waals surface area contributed by atoms with E-state index in [2.05, 4.69) is 6.92 Å². The van der Waals surface area contributed by atoms with Crippen molar-refractivity contribution in [1.82, 2.24) is 4.90 Å². The minimum Gasteiger partial charge on any atom is -0.460 e. The maximum absolute atomic E-state index is 14.1. The Morgan fingerprint density at radius 1 is 0.907 bits per heavy atom. The van der Waals surface area contributed by atoms with E-state index in [1.165, 1.54) is 4.90 Å². The third-order valence-electron chi connectivity index (χ3n) is 12.4. The molecule has 4 rings (SSSR count). The van der Waals surface area contributed by atoms with Crippen LogP contribution in [0.2, 0.25) is 0 Å². The number of rotatable bonds is 4. The zero-order chi connectivity index (χ0) is 39.6. The monoisotopic (exact) mass is 757 g/mol. The second-order valence-corrected chi connectivity index (χ2v) is 16.9. The van der Waals surface area contributed by atoms with Crippen LogP contribution in [0.3, 0.4) is 0 Å². The number of ketones is 2. The first-order chi connectivity index (χ1) is 25.6. The highest BCUT2D eigenvalue weighted by atomic mass is 16.6. The minimum atomic E-state index is -2.37. The number of aliphatic hydroxyl groups excluding tert-OH is 2. The number of cyclic esters (lactones) is 1. The van der Waals surface area contributed by atoms with Gasteiger partial charge in [-0.1, -0.05) is 58.1 Å². The Bertz CT molecular complexity index is 1370. The average Bonchev–Trinajstić information content (AvgIpc) is 3.14. The average molecular weight is 758 g/mol. The standard InChI is InChI=1S/C43H67NO10/c1-27-12-8-7-9-13-28(2)38(52-6)26-35-20-15-31(5)43(51,54-35)40(48)41(49)44-21-11-10-14-36(44)42(50)53-39(25-34(46)24-37(47)29(3)22-27)30(4)23-32-16-18-33(45)19-17-32/h7-9,12-13,27,29-36,38-39,45-46,51H,10-11,14-26H2,1-6H3. The van der Waals surface area contributed by atoms with Gasteiger partial charge in [-0.2, -0.15) is 0 Å².